The number of nitrogens with one attached hydrogen (secondary N) is 3. The highest BCUT2D eigenvalue weighted by Crippen LogP contribution is 2.40. The van der Waals surface area contributed by atoms with Crippen LogP contribution in [0, 0.1) is 11.6 Å². The molecule has 0 aliphatic heterocycles. The van der Waals surface area contributed by atoms with Gasteiger partial charge in [-0.1, -0.05) is 42.5 Å². The summed E-state index contributed by atoms with van der Waals surface area (Å²) < 4.78 is 26.3. The second kappa shape index (κ2) is 12.4. The molecule has 0 saturated heterocycles. The van der Waals surface area contributed by atoms with Crippen molar-refractivity contribution in [2.45, 2.75) is 50.2 Å². The van der Waals surface area contributed by atoms with E-state index in [9.17, 15) is 18.4 Å². The number of halogens is 2. The fraction of sp³-hybridized carbons (Fsp3) is 0.310. The van der Waals surface area contributed by atoms with Crippen LogP contribution in [0.5, 0.6) is 0 Å². The molecule has 188 valence electrons. The van der Waals surface area contributed by atoms with Crippen LogP contribution in [0.15, 0.2) is 78.9 Å². The van der Waals surface area contributed by atoms with Gasteiger partial charge in [0.25, 0.3) is 5.91 Å². The zero-order chi connectivity index (χ0) is 25.3. The molecule has 0 spiro atoms. The van der Waals surface area contributed by atoms with E-state index in [-0.39, 0.29) is 30.0 Å². The van der Waals surface area contributed by atoms with Crippen molar-refractivity contribution in [2.75, 3.05) is 6.54 Å². The van der Waals surface area contributed by atoms with Crippen molar-refractivity contribution < 1.29 is 18.4 Å². The monoisotopic (exact) mass is 491 g/mol. The summed E-state index contributed by atoms with van der Waals surface area (Å²) >= 11 is 0. The van der Waals surface area contributed by atoms with Gasteiger partial charge in [-0.3, -0.25) is 9.59 Å². The molecule has 3 aromatic carbocycles. The third-order valence-electron chi connectivity index (χ3n) is 6.45. The van der Waals surface area contributed by atoms with Gasteiger partial charge in [-0.15, -0.1) is 0 Å². The molecule has 3 aromatic rings. The molecule has 0 aromatic heterocycles. The average molecular weight is 492 g/mol. The molecule has 1 fully saturated rings. The van der Waals surface area contributed by atoms with Gasteiger partial charge in [0.05, 0.1) is 0 Å². The molecule has 36 heavy (non-hydrogen) atoms. The Kier molecular flexibility index (Phi) is 8.79. The quantitative estimate of drug-likeness (QED) is 0.322. The lowest BCUT2D eigenvalue weighted by molar-refractivity contribution is -0.123. The third-order valence-corrected chi connectivity index (χ3v) is 6.45. The maximum absolute atomic E-state index is 13.1. The number of unbranched alkanes of at least 4 members (excludes halogenated alkanes) is 1. The van der Waals surface area contributed by atoms with Crippen LogP contribution < -0.4 is 16.0 Å². The lowest BCUT2D eigenvalue weighted by Crippen LogP contribution is -2.46. The van der Waals surface area contributed by atoms with E-state index in [4.69, 9.17) is 0 Å². The number of hydrogen-bond donors (Lipinski definition) is 3. The van der Waals surface area contributed by atoms with Crippen molar-refractivity contribution in [1.82, 2.24) is 16.0 Å². The molecule has 0 heterocycles. The first kappa shape index (κ1) is 25.5. The van der Waals surface area contributed by atoms with Gasteiger partial charge in [0, 0.05) is 24.1 Å². The Morgan fingerprint density at radius 2 is 1.53 bits per heavy atom. The SMILES string of the molecule is O=C(N[C@@H](CCCCNC1C[C@H]1c1ccc(F)cc1)C(=O)NCc1ccc(F)cc1)c1ccccc1. The Morgan fingerprint density at radius 1 is 0.861 bits per heavy atom. The van der Waals surface area contributed by atoms with Crippen LogP contribution in [-0.4, -0.2) is 30.4 Å². The van der Waals surface area contributed by atoms with E-state index >= 15 is 0 Å². The molecule has 1 saturated carbocycles. The van der Waals surface area contributed by atoms with Gasteiger partial charge in [-0.2, -0.15) is 0 Å². The average Bonchev–Trinajstić information content (AvgIpc) is 3.67. The van der Waals surface area contributed by atoms with Crippen molar-refractivity contribution in [3.05, 3.63) is 107 Å². The van der Waals surface area contributed by atoms with Crippen LogP contribution in [0.4, 0.5) is 8.78 Å². The van der Waals surface area contributed by atoms with Crippen molar-refractivity contribution in [2.24, 2.45) is 0 Å². The van der Waals surface area contributed by atoms with E-state index in [1.807, 2.05) is 18.2 Å². The Labute approximate surface area is 210 Å². The molecule has 0 radical (unpaired) electrons. The number of carbonyl (C=O) groups excluding carboxylic acids is 2. The second-order valence-electron chi connectivity index (χ2n) is 9.19. The first-order valence-electron chi connectivity index (χ1n) is 12.4. The molecular formula is C29H31F2N3O2. The van der Waals surface area contributed by atoms with E-state index in [0.717, 1.165) is 36.9 Å². The maximum atomic E-state index is 13.1. The predicted octanol–water partition coefficient (Wildman–Crippen LogP) is 4.70. The standard InChI is InChI=1S/C29H31F2N3O2/c30-23-13-9-20(10-14-23)19-33-29(36)26(34-28(35)22-6-2-1-3-7-22)8-4-5-17-32-27-18-25(27)21-11-15-24(31)16-12-21/h1-3,6-7,9-16,25-27,32H,4-5,8,17-19H2,(H,33,36)(H,34,35)/t25-,26-,27?/m0/s1. The van der Waals surface area contributed by atoms with Gasteiger partial charge in [0.1, 0.15) is 17.7 Å². The Balaban J connectivity index is 1.24. The highest BCUT2D eigenvalue weighted by Gasteiger charge is 2.37. The summed E-state index contributed by atoms with van der Waals surface area (Å²) in [7, 11) is 0. The minimum Gasteiger partial charge on any atom is -0.350 e. The second-order valence-corrected chi connectivity index (χ2v) is 9.19. The first-order valence-corrected chi connectivity index (χ1v) is 12.4. The van der Waals surface area contributed by atoms with Gasteiger partial charge < -0.3 is 16.0 Å². The normalized spacial score (nSPS) is 17.3. The molecule has 3 atom stereocenters. The fourth-order valence-corrected chi connectivity index (χ4v) is 4.27. The minimum atomic E-state index is -0.675. The Hall–Kier alpha value is -3.58. The summed E-state index contributed by atoms with van der Waals surface area (Å²) in [5, 5.41) is 9.24. The molecule has 1 aliphatic rings. The molecule has 1 unspecified atom stereocenters. The fourth-order valence-electron chi connectivity index (χ4n) is 4.27. The first-order chi connectivity index (χ1) is 17.5. The molecule has 4 rings (SSSR count). The van der Waals surface area contributed by atoms with Gasteiger partial charge in [0.15, 0.2) is 0 Å². The topological polar surface area (TPSA) is 70.2 Å². The van der Waals surface area contributed by atoms with E-state index in [2.05, 4.69) is 16.0 Å². The lowest BCUT2D eigenvalue weighted by Gasteiger charge is -2.19. The molecule has 1 aliphatic carbocycles. The summed E-state index contributed by atoms with van der Waals surface area (Å²) in [6.07, 6.45) is 3.15. The molecule has 5 nitrogen and oxygen atoms in total. The van der Waals surface area contributed by atoms with Gasteiger partial charge in [0.2, 0.25) is 5.91 Å². The predicted molar refractivity (Wildman–Crippen MR) is 135 cm³/mol. The van der Waals surface area contributed by atoms with E-state index in [0.29, 0.717) is 23.9 Å². The maximum Gasteiger partial charge on any atom is 0.251 e. The van der Waals surface area contributed by atoms with Crippen LogP contribution in [-0.2, 0) is 11.3 Å². The van der Waals surface area contributed by atoms with E-state index in [1.54, 1.807) is 36.4 Å². The molecular weight excluding hydrogens is 460 g/mol. The van der Waals surface area contributed by atoms with Gasteiger partial charge in [-0.25, -0.2) is 8.78 Å². The highest BCUT2D eigenvalue weighted by molar-refractivity contribution is 5.97. The van der Waals surface area contributed by atoms with Crippen molar-refractivity contribution in [3.8, 4) is 0 Å². The summed E-state index contributed by atoms with van der Waals surface area (Å²) in [6.45, 7) is 1.06. The number of benzene rings is 3. The summed E-state index contributed by atoms with van der Waals surface area (Å²) in [6, 6.07) is 21.1. The summed E-state index contributed by atoms with van der Waals surface area (Å²) in [5.41, 5.74) is 2.42. The lowest BCUT2D eigenvalue weighted by atomic mass is 10.1. The van der Waals surface area contributed by atoms with Gasteiger partial charge in [-0.05, 0) is 79.8 Å². The Bertz CT molecular complexity index is 1140. The molecule has 2 amide bonds. The zero-order valence-corrected chi connectivity index (χ0v) is 20.1. The number of amides is 2. The summed E-state index contributed by atoms with van der Waals surface area (Å²) in [4.78, 5) is 25.6. The van der Waals surface area contributed by atoms with Crippen LogP contribution in [0.1, 0.15) is 53.1 Å². The number of carbonyl (C=O) groups is 2. The van der Waals surface area contributed by atoms with E-state index in [1.165, 1.54) is 24.3 Å². The smallest absolute Gasteiger partial charge is 0.251 e. The zero-order valence-electron chi connectivity index (χ0n) is 20.1. The molecule has 7 heteroatoms. The van der Waals surface area contributed by atoms with Crippen LogP contribution in [0.2, 0.25) is 0 Å². The number of rotatable bonds is 12. The number of hydrogen-bond acceptors (Lipinski definition) is 3. The third kappa shape index (κ3) is 7.46. The molecule has 0 bridgehead atoms. The van der Waals surface area contributed by atoms with Crippen LogP contribution in [0.25, 0.3) is 0 Å². The van der Waals surface area contributed by atoms with Gasteiger partial charge >= 0.3 is 0 Å². The summed E-state index contributed by atoms with van der Waals surface area (Å²) in [5.74, 6) is -0.701. The van der Waals surface area contributed by atoms with Crippen LogP contribution >= 0.6 is 0 Å². The minimum absolute atomic E-state index is 0.223. The molecule has 3 N–H and O–H groups in total. The highest BCUT2D eigenvalue weighted by atomic mass is 19.1. The van der Waals surface area contributed by atoms with Crippen molar-refractivity contribution in [1.29, 1.82) is 0 Å². The Morgan fingerprint density at radius 3 is 2.22 bits per heavy atom. The van der Waals surface area contributed by atoms with Crippen molar-refractivity contribution in [3.63, 3.8) is 0 Å². The van der Waals surface area contributed by atoms with Crippen molar-refractivity contribution >= 4 is 11.8 Å². The van der Waals surface area contributed by atoms with E-state index < -0.39 is 6.04 Å². The van der Waals surface area contributed by atoms with Crippen LogP contribution in [0.3, 0.4) is 0 Å². The largest absolute Gasteiger partial charge is 0.350 e.